The van der Waals surface area contributed by atoms with Crippen LogP contribution in [0.4, 0.5) is 11.4 Å². The van der Waals surface area contributed by atoms with E-state index in [1.807, 2.05) is 18.2 Å². The van der Waals surface area contributed by atoms with Crippen molar-refractivity contribution in [2.24, 2.45) is 0 Å². The summed E-state index contributed by atoms with van der Waals surface area (Å²) in [5.41, 5.74) is 1.59. The average Bonchev–Trinajstić information content (AvgIpc) is 2.34. The Bertz CT molecular complexity index is 604. The molecule has 0 aliphatic rings. The molecule has 1 heterocycles. The Kier molecular flexibility index (Phi) is 4.18. The second-order valence-electron chi connectivity index (χ2n) is 3.49. The molecule has 0 radical (unpaired) electrons. The van der Waals surface area contributed by atoms with E-state index in [1.165, 1.54) is 12.3 Å². The van der Waals surface area contributed by atoms with Gasteiger partial charge in [-0.3, -0.25) is 0 Å². The number of pyridine rings is 1. The highest BCUT2D eigenvalue weighted by Crippen LogP contribution is 2.25. The summed E-state index contributed by atoms with van der Waals surface area (Å²) < 4.78 is 2.10. The molecule has 0 fully saturated rings. The van der Waals surface area contributed by atoms with Crippen LogP contribution in [0.15, 0.2) is 41.0 Å². The average molecular weight is 419 g/mol. The first-order valence-electron chi connectivity index (χ1n) is 4.97. The molecule has 0 amide bonds. The highest BCUT2D eigenvalue weighted by Gasteiger charge is 2.05. The number of aromatic carboxylic acids is 1. The number of carbonyl (C=O) groups is 1. The number of carboxylic acids is 1. The van der Waals surface area contributed by atoms with Crippen LogP contribution in [-0.4, -0.2) is 16.1 Å². The van der Waals surface area contributed by atoms with Crippen molar-refractivity contribution in [2.45, 2.75) is 0 Å². The van der Waals surface area contributed by atoms with Gasteiger partial charge in [-0.05, 0) is 68.9 Å². The fraction of sp³-hybridized carbons (Fsp3) is 0. The Hall–Kier alpha value is -1.15. The van der Waals surface area contributed by atoms with E-state index in [0.717, 1.165) is 13.7 Å². The maximum atomic E-state index is 10.8. The minimum absolute atomic E-state index is 0.0181. The molecule has 0 unspecified atom stereocenters. The molecule has 4 nitrogen and oxygen atoms in total. The normalized spacial score (nSPS) is 10.1. The number of hydrogen-bond acceptors (Lipinski definition) is 3. The predicted molar refractivity (Wildman–Crippen MR) is 81.3 cm³/mol. The van der Waals surface area contributed by atoms with Gasteiger partial charge in [-0.15, -0.1) is 0 Å². The fourth-order valence-electron chi connectivity index (χ4n) is 1.37. The molecular weight excluding hydrogens is 411 g/mol. The lowest BCUT2D eigenvalue weighted by atomic mass is 10.2. The minimum Gasteiger partial charge on any atom is -0.477 e. The SMILES string of the molecule is O=C(O)c1cc(Nc2ccc(I)c(Br)c2)ccn1. The Balaban J connectivity index is 2.25. The molecule has 2 N–H and O–H groups in total. The van der Waals surface area contributed by atoms with Crippen LogP contribution in [0.1, 0.15) is 10.5 Å². The van der Waals surface area contributed by atoms with Gasteiger partial charge in [0.2, 0.25) is 0 Å². The first-order chi connectivity index (χ1) is 8.56. The number of hydrogen-bond donors (Lipinski definition) is 2. The van der Waals surface area contributed by atoms with Crippen molar-refractivity contribution in [1.29, 1.82) is 0 Å². The molecule has 0 spiro atoms. The molecule has 0 saturated carbocycles. The molecule has 0 aliphatic carbocycles. The van der Waals surface area contributed by atoms with Crippen LogP contribution < -0.4 is 5.32 Å². The van der Waals surface area contributed by atoms with E-state index in [1.54, 1.807) is 6.07 Å². The van der Waals surface area contributed by atoms with E-state index in [4.69, 9.17) is 5.11 Å². The number of rotatable bonds is 3. The van der Waals surface area contributed by atoms with E-state index < -0.39 is 5.97 Å². The van der Waals surface area contributed by atoms with Gasteiger partial charge in [-0.1, -0.05) is 0 Å². The highest BCUT2D eigenvalue weighted by molar-refractivity contribution is 14.1. The van der Waals surface area contributed by atoms with Crippen molar-refractivity contribution in [3.8, 4) is 0 Å². The lowest BCUT2D eigenvalue weighted by molar-refractivity contribution is 0.0690. The van der Waals surface area contributed by atoms with Crippen LogP contribution in [-0.2, 0) is 0 Å². The number of aromatic nitrogens is 1. The van der Waals surface area contributed by atoms with Gasteiger partial charge < -0.3 is 10.4 Å². The predicted octanol–water partition coefficient (Wildman–Crippen LogP) is 3.89. The van der Waals surface area contributed by atoms with Crippen molar-refractivity contribution in [1.82, 2.24) is 4.98 Å². The number of benzene rings is 1. The van der Waals surface area contributed by atoms with Gasteiger partial charge in [0.05, 0.1) is 0 Å². The summed E-state index contributed by atoms with van der Waals surface area (Å²) in [7, 11) is 0. The summed E-state index contributed by atoms with van der Waals surface area (Å²) in [6.07, 6.45) is 1.47. The zero-order valence-electron chi connectivity index (χ0n) is 9.02. The van der Waals surface area contributed by atoms with Gasteiger partial charge in [-0.2, -0.15) is 0 Å². The minimum atomic E-state index is -1.04. The van der Waals surface area contributed by atoms with Crippen molar-refractivity contribution in [3.63, 3.8) is 0 Å². The monoisotopic (exact) mass is 418 g/mol. The summed E-state index contributed by atoms with van der Waals surface area (Å²) >= 11 is 5.67. The van der Waals surface area contributed by atoms with Crippen LogP contribution in [0.5, 0.6) is 0 Å². The maximum Gasteiger partial charge on any atom is 0.354 e. The molecule has 1 aromatic heterocycles. The number of halogens is 2. The first-order valence-corrected chi connectivity index (χ1v) is 6.85. The Morgan fingerprint density at radius 2 is 2.00 bits per heavy atom. The maximum absolute atomic E-state index is 10.8. The van der Waals surface area contributed by atoms with Crippen LogP contribution in [0.3, 0.4) is 0 Å². The molecular formula is C12H8BrIN2O2. The van der Waals surface area contributed by atoms with Gasteiger partial charge in [0.25, 0.3) is 0 Å². The third-order valence-corrected chi connectivity index (χ3v) is 4.53. The quantitative estimate of drug-likeness (QED) is 0.742. The van der Waals surface area contributed by atoms with Gasteiger partial charge in [0, 0.05) is 25.6 Å². The summed E-state index contributed by atoms with van der Waals surface area (Å²) in [6, 6.07) is 9.04. The number of anilines is 2. The van der Waals surface area contributed by atoms with E-state index >= 15 is 0 Å². The van der Waals surface area contributed by atoms with E-state index in [2.05, 4.69) is 48.8 Å². The lowest BCUT2D eigenvalue weighted by Gasteiger charge is -2.08. The molecule has 6 heteroatoms. The first kappa shape index (κ1) is 13.3. The summed E-state index contributed by atoms with van der Waals surface area (Å²) in [5, 5.41) is 12.0. The molecule has 0 saturated heterocycles. The molecule has 18 heavy (non-hydrogen) atoms. The van der Waals surface area contributed by atoms with Crippen molar-refractivity contribution >= 4 is 55.9 Å². The third-order valence-electron chi connectivity index (χ3n) is 2.19. The fourth-order valence-corrected chi connectivity index (χ4v) is 2.08. The number of nitrogens with one attached hydrogen (secondary N) is 1. The lowest BCUT2D eigenvalue weighted by Crippen LogP contribution is -2.01. The van der Waals surface area contributed by atoms with Gasteiger partial charge >= 0.3 is 5.97 Å². The van der Waals surface area contributed by atoms with E-state index in [-0.39, 0.29) is 5.69 Å². The molecule has 2 rings (SSSR count). The third kappa shape index (κ3) is 3.20. The number of carboxylic acid groups (broad SMARTS) is 1. The molecule has 0 bridgehead atoms. The van der Waals surface area contributed by atoms with Crippen molar-refractivity contribution in [2.75, 3.05) is 5.32 Å². The zero-order valence-corrected chi connectivity index (χ0v) is 12.8. The summed E-state index contributed by atoms with van der Waals surface area (Å²) in [4.78, 5) is 14.6. The summed E-state index contributed by atoms with van der Waals surface area (Å²) in [6.45, 7) is 0. The number of nitrogens with zero attached hydrogens (tertiary/aromatic N) is 1. The van der Waals surface area contributed by atoms with Gasteiger partial charge in [0.1, 0.15) is 5.69 Å². The topological polar surface area (TPSA) is 62.2 Å². The highest BCUT2D eigenvalue weighted by atomic mass is 127. The van der Waals surface area contributed by atoms with Gasteiger partial charge in [0.15, 0.2) is 0 Å². The molecule has 0 atom stereocenters. The molecule has 2 aromatic rings. The van der Waals surface area contributed by atoms with Gasteiger partial charge in [-0.25, -0.2) is 9.78 Å². The van der Waals surface area contributed by atoms with Crippen LogP contribution in [0.25, 0.3) is 0 Å². The van der Waals surface area contributed by atoms with E-state index in [0.29, 0.717) is 5.69 Å². The van der Waals surface area contributed by atoms with Crippen molar-refractivity contribution < 1.29 is 9.90 Å². The second-order valence-corrected chi connectivity index (χ2v) is 5.51. The summed E-state index contributed by atoms with van der Waals surface area (Å²) in [5.74, 6) is -1.04. The Morgan fingerprint density at radius 3 is 2.67 bits per heavy atom. The Morgan fingerprint density at radius 1 is 1.28 bits per heavy atom. The molecule has 1 aromatic carbocycles. The largest absolute Gasteiger partial charge is 0.477 e. The smallest absolute Gasteiger partial charge is 0.354 e. The Labute approximate surface area is 126 Å². The van der Waals surface area contributed by atoms with E-state index in [9.17, 15) is 4.79 Å². The molecule has 0 aliphatic heterocycles. The van der Waals surface area contributed by atoms with Crippen LogP contribution in [0.2, 0.25) is 0 Å². The van der Waals surface area contributed by atoms with Crippen LogP contribution in [0, 0.1) is 3.57 Å². The van der Waals surface area contributed by atoms with Crippen LogP contribution >= 0.6 is 38.5 Å². The van der Waals surface area contributed by atoms with Crippen molar-refractivity contribution in [3.05, 3.63) is 50.3 Å². The second kappa shape index (κ2) is 5.66. The standard InChI is InChI=1S/C12H8BrIN2O2/c13-9-5-7(1-2-10(9)14)16-8-3-4-15-11(6-8)12(17)18/h1-6H,(H,15,16)(H,17,18). The molecule has 92 valence electrons. The zero-order chi connectivity index (χ0) is 13.1.